The van der Waals surface area contributed by atoms with Crippen LogP contribution in [0.3, 0.4) is 0 Å². The number of fused-ring (bicyclic) bond motifs is 5. The lowest BCUT2D eigenvalue weighted by atomic mass is 9.46. The number of ketones is 1. The minimum absolute atomic E-state index is 0.108. The number of carbonyl (C=O) groups is 2. The van der Waals surface area contributed by atoms with Gasteiger partial charge in [0.15, 0.2) is 5.78 Å². The average Bonchev–Trinajstić information content (AvgIpc) is 2.88. The molecule has 0 spiro atoms. The highest BCUT2D eigenvalue weighted by atomic mass is 16.6. The van der Waals surface area contributed by atoms with Crippen LogP contribution >= 0.6 is 0 Å². The zero-order valence-corrected chi connectivity index (χ0v) is 16.9. The number of hydrogen-bond donors (Lipinski definition) is 0. The number of esters is 1. The summed E-state index contributed by atoms with van der Waals surface area (Å²) in [5.74, 6) is 2.27. The van der Waals surface area contributed by atoms with Crippen molar-refractivity contribution < 1.29 is 14.3 Å². The second kappa shape index (κ2) is 5.94. The van der Waals surface area contributed by atoms with Crippen molar-refractivity contribution in [1.82, 2.24) is 0 Å². The molecular weight excluding hydrogens is 324 g/mol. The number of rotatable bonds is 2. The molecule has 3 saturated carbocycles. The van der Waals surface area contributed by atoms with E-state index in [-0.39, 0.29) is 22.4 Å². The number of allylic oxidation sites excluding steroid dienone is 1. The summed E-state index contributed by atoms with van der Waals surface area (Å²) < 4.78 is 6.05. The first-order valence-corrected chi connectivity index (χ1v) is 10.7. The summed E-state index contributed by atoms with van der Waals surface area (Å²) in [5.41, 5.74) is 1.49. The van der Waals surface area contributed by atoms with Crippen molar-refractivity contribution in [2.24, 2.45) is 28.6 Å². The summed E-state index contributed by atoms with van der Waals surface area (Å²) in [7, 11) is 0. The van der Waals surface area contributed by atoms with Crippen LogP contribution in [0.1, 0.15) is 85.5 Å². The molecule has 3 nitrogen and oxygen atoms in total. The molecule has 6 atom stereocenters. The smallest absolute Gasteiger partial charge is 0.303 e. The van der Waals surface area contributed by atoms with Gasteiger partial charge in [-0.2, -0.15) is 0 Å². The standard InChI is InChI=1S/C23H34O3/c1-5-23(26-15(2)24)13-10-20-18-7-6-16-14-17(25)8-11-21(16,3)19(18)9-12-22(20,23)4/h14,18-20H,5-13H2,1-4H3/t18-,19+,20+,21+,22+,23-/m1/s1. The molecule has 0 heterocycles. The van der Waals surface area contributed by atoms with Gasteiger partial charge in [0, 0.05) is 18.8 Å². The van der Waals surface area contributed by atoms with Crippen molar-refractivity contribution >= 4 is 11.8 Å². The summed E-state index contributed by atoms with van der Waals surface area (Å²) in [6.07, 6.45) is 11.5. The van der Waals surface area contributed by atoms with Crippen molar-refractivity contribution in [3.05, 3.63) is 11.6 Å². The predicted molar refractivity (Wildman–Crippen MR) is 101 cm³/mol. The fourth-order valence-corrected chi connectivity index (χ4v) is 7.75. The molecule has 0 aliphatic heterocycles. The highest BCUT2D eigenvalue weighted by molar-refractivity contribution is 5.91. The number of ether oxygens (including phenoxy) is 1. The first-order valence-electron chi connectivity index (χ1n) is 10.7. The Balaban J connectivity index is 1.67. The molecular formula is C23H34O3. The molecule has 0 aromatic heterocycles. The molecule has 0 unspecified atom stereocenters. The minimum atomic E-state index is -0.270. The Hall–Kier alpha value is -1.12. The fourth-order valence-electron chi connectivity index (χ4n) is 7.75. The largest absolute Gasteiger partial charge is 0.459 e. The third-order valence-corrected chi connectivity index (χ3v) is 9.16. The lowest BCUT2D eigenvalue weighted by Gasteiger charge is -2.59. The first-order chi connectivity index (χ1) is 12.3. The second-order valence-corrected chi connectivity index (χ2v) is 9.91. The van der Waals surface area contributed by atoms with E-state index in [1.165, 1.54) is 24.8 Å². The van der Waals surface area contributed by atoms with Gasteiger partial charge in [-0.15, -0.1) is 0 Å². The van der Waals surface area contributed by atoms with Gasteiger partial charge in [0.25, 0.3) is 0 Å². The first kappa shape index (κ1) is 18.3. The van der Waals surface area contributed by atoms with Gasteiger partial charge in [0.05, 0.1) is 0 Å². The molecule has 4 aliphatic rings. The van der Waals surface area contributed by atoms with E-state index in [0.717, 1.165) is 38.5 Å². The summed E-state index contributed by atoms with van der Waals surface area (Å²) in [6.45, 7) is 8.60. The quantitative estimate of drug-likeness (QED) is 0.635. The fraction of sp³-hybridized carbons (Fsp3) is 0.826. The van der Waals surface area contributed by atoms with Gasteiger partial charge in [-0.3, -0.25) is 9.59 Å². The van der Waals surface area contributed by atoms with Crippen molar-refractivity contribution in [2.75, 3.05) is 0 Å². The zero-order valence-electron chi connectivity index (χ0n) is 16.9. The normalized spacial score (nSPS) is 47.5. The van der Waals surface area contributed by atoms with Gasteiger partial charge in [-0.05, 0) is 80.6 Å². The molecule has 4 aliphatic carbocycles. The van der Waals surface area contributed by atoms with Crippen LogP contribution in [0, 0.1) is 28.6 Å². The lowest BCUT2D eigenvalue weighted by Crippen LogP contribution is -2.55. The van der Waals surface area contributed by atoms with E-state index < -0.39 is 0 Å². The molecule has 0 saturated heterocycles. The van der Waals surface area contributed by atoms with Gasteiger partial charge >= 0.3 is 5.97 Å². The third kappa shape index (κ3) is 2.31. The van der Waals surface area contributed by atoms with Crippen LogP contribution in [0.5, 0.6) is 0 Å². The Labute approximate surface area is 157 Å². The lowest BCUT2D eigenvalue weighted by molar-refractivity contribution is -0.183. The average molecular weight is 359 g/mol. The van der Waals surface area contributed by atoms with Crippen LogP contribution < -0.4 is 0 Å². The van der Waals surface area contributed by atoms with E-state index in [2.05, 4.69) is 20.8 Å². The monoisotopic (exact) mass is 358 g/mol. The van der Waals surface area contributed by atoms with Crippen LogP contribution in [0.25, 0.3) is 0 Å². The maximum atomic E-state index is 12.0. The zero-order chi connectivity index (χ0) is 18.7. The molecule has 3 heteroatoms. The Morgan fingerprint density at radius 3 is 2.54 bits per heavy atom. The Bertz CT molecular complexity index is 664. The highest BCUT2D eigenvalue weighted by Crippen LogP contribution is 2.68. The van der Waals surface area contributed by atoms with Crippen LogP contribution in [0.4, 0.5) is 0 Å². The van der Waals surface area contributed by atoms with E-state index >= 15 is 0 Å². The molecule has 26 heavy (non-hydrogen) atoms. The van der Waals surface area contributed by atoms with Gasteiger partial charge in [0.2, 0.25) is 0 Å². The van der Waals surface area contributed by atoms with Crippen molar-refractivity contribution in [3.8, 4) is 0 Å². The van der Waals surface area contributed by atoms with Crippen LogP contribution in [-0.4, -0.2) is 17.4 Å². The van der Waals surface area contributed by atoms with E-state index in [1.807, 2.05) is 6.08 Å². The van der Waals surface area contributed by atoms with E-state index in [9.17, 15) is 9.59 Å². The molecule has 144 valence electrons. The molecule has 0 amide bonds. The molecule has 0 N–H and O–H groups in total. The Morgan fingerprint density at radius 1 is 1.12 bits per heavy atom. The Morgan fingerprint density at radius 2 is 1.85 bits per heavy atom. The van der Waals surface area contributed by atoms with Gasteiger partial charge in [-0.25, -0.2) is 0 Å². The summed E-state index contributed by atoms with van der Waals surface area (Å²) in [5, 5.41) is 0. The summed E-state index contributed by atoms with van der Waals surface area (Å²) in [4.78, 5) is 23.8. The van der Waals surface area contributed by atoms with E-state index in [0.29, 0.717) is 23.5 Å². The van der Waals surface area contributed by atoms with Crippen LogP contribution in [-0.2, 0) is 14.3 Å². The van der Waals surface area contributed by atoms with Crippen LogP contribution in [0.15, 0.2) is 11.6 Å². The van der Waals surface area contributed by atoms with Crippen LogP contribution in [0.2, 0.25) is 0 Å². The second-order valence-electron chi connectivity index (χ2n) is 9.91. The highest BCUT2D eigenvalue weighted by Gasteiger charge is 2.65. The molecule has 0 aromatic carbocycles. The molecule has 0 bridgehead atoms. The number of carbonyl (C=O) groups excluding carboxylic acids is 2. The molecule has 3 fully saturated rings. The SMILES string of the molecule is CC[C@@]1(OC(C)=O)CC[C@H]2[C@@H]3CCC4=CC(=O)CC[C@]4(C)[C@H]3CC[C@@]21C. The maximum absolute atomic E-state index is 12.0. The summed E-state index contributed by atoms with van der Waals surface area (Å²) >= 11 is 0. The summed E-state index contributed by atoms with van der Waals surface area (Å²) in [6, 6.07) is 0. The molecule has 4 rings (SSSR count). The van der Waals surface area contributed by atoms with E-state index in [1.54, 1.807) is 6.92 Å². The minimum Gasteiger partial charge on any atom is -0.459 e. The van der Waals surface area contributed by atoms with Gasteiger partial charge < -0.3 is 4.74 Å². The van der Waals surface area contributed by atoms with Gasteiger partial charge in [-0.1, -0.05) is 26.3 Å². The molecule has 0 radical (unpaired) electrons. The van der Waals surface area contributed by atoms with E-state index in [4.69, 9.17) is 4.74 Å². The maximum Gasteiger partial charge on any atom is 0.303 e. The van der Waals surface area contributed by atoms with Crippen molar-refractivity contribution in [2.45, 2.75) is 91.1 Å². The van der Waals surface area contributed by atoms with Gasteiger partial charge in [0.1, 0.15) is 5.60 Å². The van der Waals surface area contributed by atoms with Crippen molar-refractivity contribution in [3.63, 3.8) is 0 Å². The molecule has 0 aromatic rings. The third-order valence-electron chi connectivity index (χ3n) is 9.16. The topological polar surface area (TPSA) is 43.4 Å². The predicted octanol–water partition coefficient (Wildman–Crippen LogP) is 5.23. The number of hydrogen-bond acceptors (Lipinski definition) is 3. The Kier molecular flexibility index (Phi) is 4.17. The van der Waals surface area contributed by atoms with Crippen molar-refractivity contribution in [1.29, 1.82) is 0 Å².